The summed E-state index contributed by atoms with van der Waals surface area (Å²) in [5.41, 5.74) is 0. The molecule has 10 heteroatoms. The third-order valence-electron chi connectivity index (χ3n) is 0.133. The molecule has 0 aliphatic carbocycles. The molecule has 0 aliphatic heterocycles. The van der Waals surface area contributed by atoms with Gasteiger partial charge in [-0.05, 0) is 16.1 Å². The molecule has 0 aliphatic rings. The van der Waals surface area contributed by atoms with Crippen LogP contribution in [-0.2, 0) is 13.4 Å². The van der Waals surface area contributed by atoms with E-state index < -0.39 is 16.5 Å². The molecule has 0 aromatic rings. The largest absolute Gasteiger partial charge is 1.00 e. The van der Waals surface area contributed by atoms with Gasteiger partial charge in [0.25, 0.3) is 0 Å². The van der Waals surface area contributed by atoms with E-state index in [4.69, 9.17) is 5.11 Å². The summed E-state index contributed by atoms with van der Waals surface area (Å²) in [5, 5.41) is 7.57. The van der Waals surface area contributed by atoms with Gasteiger partial charge < -0.3 is 14.9 Å². The fourth-order valence-corrected chi connectivity index (χ4v) is 0.490. The number of aliphatic hydroxyl groups excluding tert-OH is 1. The van der Waals surface area contributed by atoms with Crippen molar-refractivity contribution >= 4 is 16.5 Å². The Hall–Kier alpha value is 2.04. The zero-order valence-corrected chi connectivity index (χ0v) is 12.9. The van der Waals surface area contributed by atoms with E-state index in [-0.39, 0.29) is 65.7 Å². The Morgan fingerprint density at radius 2 is 1.42 bits per heavy atom. The summed E-state index contributed by atoms with van der Waals surface area (Å²) in [6, 6.07) is 0. The van der Waals surface area contributed by atoms with Crippen molar-refractivity contribution in [3.05, 3.63) is 0 Å². The topological polar surface area (TPSA) is 110 Å². The molecule has 0 rings (SSSR count). The van der Waals surface area contributed by atoms with Crippen LogP contribution >= 0.6 is 16.5 Å². The van der Waals surface area contributed by atoms with E-state index in [0.717, 1.165) is 0 Å². The van der Waals surface area contributed by atoms with Crippen molar-refractivity contribution in [1.29, 1.82) is 0 Å². The average molecular weight is 234 g/mol. The van der Waals surface area contributed by atoms with Gasteiger partial charge in [0.05, 0.1) is 0 Å². The first-order valence-corrected chi connectivity index (χ1v) is 4.31. The first-order valence-electron chi connectivity index (χ1n) is 2.12. The monoisotopic (exact) mass is 234 g/mol. The maximum Gasteiger partial charge on any atom is 1.00 e. The molecule has 0 radical (unpaired) electrons. The van der Waals surface area contributed by atoms with Crippen LogP contribution in [-0.4, -0.2) is 11.7 Å². The first kappa shape index (κ1) is 23.7. The molecule has 2 atom stereocenters. The van der Waals surface area contributed by atoms with Gasteiger partial charge in [-0.3, -0.25) is 0 Å². The zero-order chi connectivity index (χ0) is 8.57. The molecule has 0 aromatic carbocycles. The van der Waals surface area contributed by atoms with Crippen LogP contribution in [0.1, 0.15) is 6.92 Å². The van der Waals surface area contributed by atoms with Crippen molar-refractivity contribution in [2.75, 3.05) is 6.61 Å². The minimum Gasteiger partial charge on any atom is -0.563 e. The standard InChI is InChI=1S/C2H6O.2Na.O5P2/c1-2-3;;;1-6(2)5-7(3)4/h3H,2H2,1H3;;;/q;2*+1;. The summed E-state index contributed by atoms with van der Waals surface area (Å²) in [6.07, 6.45) is 0. The Morgan fingerprint density at radius 3 is 1.42 bits per heavy atom. The van der Waals surface area contributed by atoms with E-state index in [1.807, 2.05) is 0 Å². The SMILES string of the molecule is CCO.O=[P+]([O-])O[P+](=O)[O-].[Na+].[Na+]. The summed E-state index contributed by atoms with van der Waals surface area (Å²) in [5.74, 6) is 0. The molecule has 0 saturated heterocycles. The Bertz CT molecular complexity index is 108. The van der Waals surface area contributed by atoms with Crippen LogP contribution in [0.2, 0.25) is 0 Å². The van der Waals surface area contributed by atoms with E-state index in [9.17, 15) is 18.9 Å². The number of aliphatic hydroxyl groups is 1. The molecule has 0 amide bonds. The van der Waals surface area contributed by atoms with Crippen LogP contribution < -0.4 is 68.9 Å². The van der Waals surface area contributed by atoms with E-state index in [2.05, 4.69) is 4.31 Å². The zero-order valence-electron chi connectivity index (χ0n) is 7.09. The first-order chi connectivity index (χ1) is 4.54. The second-order valence-electron chi connectivity index (χ2n) is 0.845. The van der Waals surface area contributed by atoms with Gasteiger partial charge in [-0.2, -0.15) is 0 Å². The van der Waals surface area contributed by atoms with Gasteiger partial charge >= 0.3 is 75.6 Å². The van der Waals surface area contributed by atoms with E-state index >= 15 is 0 Å². The van der Waals surface area contributed by atoms with Gasteiger partial charge in [-0.15, -0.1) is 0 Å². The van der Waals surface area contributed by atoms with Crippen molar-refractivity contribution in [1.82, 2.24) is 0 Å². The molecular weight excluding hydrogens is 228 g/mol. The van der Waals surface area contributed by atoms with Crippen LogP contribution in [0.15, 0.2) is 0 Å². The van der Waals surface area contributed by atoms with Crippen LogP contribution in [0.4, 0.5) is 0 Å². The summed E-state index contributed by atoms with van der Waals surface area (Å²) in [6.45, 7) is 1.93. The molecule has 0 aromatic heterocycles. The predicted molar refractivity (Wildman–Crippen MR) is 29.1 cm³/mol. The van der Waals surface area contributed by atoms with E-state index in [1.54, 1.807) is 6.92 Å². The summed E-state index contributed by atoms with van der Waals surface area (Å²) < 4.78 is 21.6. The van der Waals surface area contributed by atoms with Crippen molar-refractivity contribution < 1.29 is 87.4 Å². The van der Waals surface area contributed by atoms with Crippen molar-refractivity contribution in [2.45, 2.75) is 6.92 Å². The predicted octanol–water partition coefficient (Wildman–Crippen LogP) is -6.95. The minimum absolute atomic E-state index is 0. The summed E-state index contributed by atoms with van der Waals surface area (Å²) in [4.78, 5) is 18.5. The molecule has 1 N–H and O–H groups in total. The number of hydrogen-bond donors (Lipinski definition) is 1. The fourth-order valence-electron chi connectivity index (χ4n) is 0.0544. The Kier molecular flexibility index (Phi) is 37.0. The third-order valence-corrected chi connectivity index (χ3v) is 1.20. The van der Waals surface area contributed by atoms with Crippen LogP contribution in [0.25, 0.3) is 0 Å². The Balaban J connectivity index is -0.0000000569. The van der Waals surface area contributed by atoms with E-state index in [0.29, 0.717) is 0 Å². The molecule has 0 spiro atoms. The molecule has 0 saturated carbocycles. The van der Waals surface area contributed by atoms with Gasteiger partial charge in [-0.1, -0.05) is 0 Å². The molecular formula is C2H6Na2O6P2+2. The van der Waals surface area contributed by atoms with E-state index in [1.165, 1.54) is 0 Å². The molecule has 2 unspecified atom stereocenters. The van der Waals surface area contributed by atoms with Crippen molar-refractivity contribution in [2.24, 2.45) is 0 Å². The smallest absolute Gasteiger partial charge is 0.563 e. The van der Waals surface area contributed by atoms with Crippen LogP contribution in [0.3, 0.4) is 0 Å². The van der Waals surface area contributed by atoms with Gasteiger partial charge in [0.15, 0.2) is 0 Å². The minimum atomic E-state index is -3.24. The summed E-state index contributed by atoms with van der Waals surface area (Å²) >= 11 is 0. The molecule has 12 heavy (non-hydrogen) atoms. The molecule has 0 heterocycles. The normalized spacial score (nSPS) is 9.33. The van der Waals surface area contributed by atoms with Crippen molar-refractivity contribution in [3.8, 4) is 0 Å². The van der Waals surface area contributed by atoms with Gasteiger partial charge in [0.1, 0.15) is 4.31 Å². The maximum atomic E-state index is 9.24. The van der Waals surface area contributed by atoms with Crippen LogP contribution in [0, 0.1) is 0 Å². The van der Waals surface area contributed by atoms with Crippen LogP contribution in [0.5, 0.6) is 0 Å². The molecule has 60 valence electrons. The number of hydrogen-bond acceptors (Lipinski definition) is 6. The van der Waals surface area contributed by atoms with Gasteiger partial charge in [0.2, 0.25) is 0 Å². The average Bonchev–Trinajstić information content (AvgIpc) is 1.62. The quantitative estimate of drug-likeness (QED) is 0.375. The Morgan fingerprint density at radius 1 is 1.25 bits per heavy atom. The van der Waals surface area contributed by atoms with Gasteiger partial charge in [-0.25, -0.2) is 0 Å². The second kappa shape index (κ2) is 18.8. The fraction of sp³-hybridized carbons (Fsp3) is 1.00. The molecule has 0 bridgehead atoms. The van der Waals surface area contributed by atoms with Crippen molar-refractivity contribution in [3.63, 3.8) is 0 Å². The summed E-state index contributed by atoms with van der Waals surface area (Å²) in [7, 11) is -6.47. The second-order valence-corrected chi connectivity index (χ2v) is 2.39. The molecule has 0 fully saturated rings. The Labute approximate surface area is 116 Å². The van der Waals surface area contributed by atoms with Gasteiger partial charge in [0, 0.05) is 6.61 Å². The molecule has 6 nitrogen and oxygen atoms in total. The third kappa shape index (κ3) is 40.2. The maximum absolute atomic E-state index is 9.24. The number of rotatable bonds is 2.